The SMILES string of the molecule is COc1ccc(S(=O)(=O)C2CCN(Cc3cccc(OC)c3)C(C(=O)NO)C2)cc1. The first-order chi connectivity index (χ1) is 14.4. The van der Waals surface area contributed by atoms with Crippen molar-refractivity contribution in [2.75, 3.05) is 20.8 Å². The lowest BCUT2D eigenvalue weighted by atomic mass is 10.00. The zero-order valence-corrected chi connectivity index (χ0v) is 17.8. The zero-order valence-electron chi connectivity index (χ0n) is 16.9. The number of carbonyl (C=O) groups is 1. The van der Waals surface area contributed by atoms with E-state index in [2.05, 4.69) is 0 Å². The van der Waals surface area contributed by atoms with Crippen molar-refractivity contribution in [2.24, 2.45) is 0 Å². The summed E-state index contributed by atoms with van der Waals surface area (Å²) in [5.74, 6) is 0.653. The number of hydroxylamine groups is 1. The molecule has 1 amide bonds. The summed E-state index contributed by atoms with van der Waals surface area (Å²) >= 11 is 0. The molecule has 9 heteroatoms. The van der Waals surface area contributed by atoms with E-state index in [0.717, 1.165) is 5.56 Å². The molecule has 2 N–H and O–H groups in total. The van der Waals surface area contributed by atoms with Gasteiger partial charge < -0.3 is 9.47 Å². The van der Waals surface area contributed by atoms with Crippen molar-refractivity contribution < 1.29 is 27.9 Å². The molecule has 3 rings (SSSR count). The maximum atomic E-state index is 13.1. The van der Waals surface area contributed by atoms with E-state index in [4.69, 9.17) is 9.47 Å². The van der Waals surface area contributed by atoms with Crippen LogP contribution in [0.25, 0.3) is 0 Å². The quantitative estimate of drug-likeness (QED) is 0.507. The molecule has 162 valence electrons. The van der Waals surface area contributed by atoms with E-state index < -0.39 is 27.0 Å². The van der Waals surface area contributed by atoms with Crippen LogP contribution in [0.3, 0.4) is 0 Å². The first kappa shape index (κ1) is 22.1. The summed E-state index contributed by atoms with van der Waals surface area (Å²) in [5, 5.41) is 8.48. The highest BCUT2D eigenvalue weighted by Crippen LogP contribution is 2.30. The smallest absolute Gasteiger partial charge is 0.260 e. The summed E-state index contributed by atoms with van der Waals surface area (Å²) in [6, 6.07) is 12.9. The average Bonchev–Trinajstić information content (AvgIpc) is 2.78. The topological polar surface area (TPSA) is 105 Å². The number of likely N-dealkylation sites (tertiary alicyclic amines) is 1. The number of nitrogens with zero attached hydrogens (tertiary/aromatic N) is 1. The lowest BCUT2D eigenvalue weighted by molar-refractivity contribution is -0.136. The molecule has 1 heterocycles. The Bertz CT molecular complexity index is 977. The summed E-state index contributed by atoms with van der Waals surface area (Å²) in [5.41, 5.74) is 2.62. The highest BCUT2D eigenvalue weighted by molar-refractivity contribution is 7.92. The minimum absolute atomic E-state index is 0.0880. The van der Waals surface area contributed by atoms with Gasteiger partial charge in [0.25, 0.3) is 5.91 Å². The molecule has 0 radical (unpaired) electrons. The van der Waals surface area contributed by atoms with Crippen molar-refractivity contribution >= 4 is 15.7 Å². The minimum atomic E-state index is -3.63. The number of methoxy groups -OCH3 is 2. The molecule has 0 bridgehead atoms. The second-order valence-corrected chi connectivity index (χ2v) is 9.41. The number of carbonyl (C=O) groups excluding carboxylic acids is 1. The van der Waals surface area contributed by atoms with E-state index in [9.17, 15) is 18.4 Å². The van der Waals surface area contributed by atoms with Crippen LogP contribution in [0.1, 0.15) is 18.4 Å². The van der Waals surface area contributed by atoms with Crippen LogP contribution in [0.5, 0.6) is 11.5 Å². The van der Waals surface area contributed by atoms with E-state index in [0.29, 0.717) is 31.0 Å². The van der Waals surface area contributed by atoms with Crippen LogP contribution in [-0.4, -0.2) is 56.5 Å². The number of hydrogen-bond donors (Lipinski definition) is 2. The molecule has 1 saturated heterocycles. The molecule has 1 aliphatic heterocycles. The molecule has 2 aromatic carbocycles. The maximum absolute atomic E-state index is 13.1. The second kappa shape index (κ2) is 9.46. The fourth-order valence-corrected chi connectivity index (χ4v) is 5.51. The Kier molecular flexibility index (Phi) is 6.96. The molecule has 0 aromatic heterocycles. The normalized spacial score (nSPS) is 19.8. The summed E-state index contributed by atoms with van der Waals surface area (Å²) < 4.78 is 36.6. The number of amides is 1. The van der Waals surface area contributed by atoms with E-state index in [-0.39, 0.29) is 11.3 Å². The van der Waals surface area contributed by atoms with E-state index >= 15 is 0 Å². The van der Waals surface area contributed by atoms with Crippen molar-refractivity contribution in [2.45, 2.75) is 35.6 Å². The first-order valence-corrected chi connectivity index (χ1v) is 11.1. The number of ether oxygens (including phenoxy) is 2. The molecule has 0 aliphatic carbocycles. The minimum Gasteiger partial charge on any atom is -0.497 e. The van der Waals surface area contributed by atoms with Crippen LogP contribution in [0.15, 0.2) is 53.4 Å². The molecule has 2 aromatic rings. The first-order valence-electron chi connectivity index (χ1n) is 9.58. The lowest BCUT2D eigenvalue weighted by Crippen LogP contribution is -2.52. The monoisotopic (exact) mass is 434 g/mol. The van der Waals surface area contributed by atoms with E-state index in [1.807, 2.05) is 29.2 Å². The largest absolute Gasteiger partial charge is 0.497 e. The summed E-state index contributed by atoms with van der Waals surface area (Å²) in [6.45, 7) is 0.833. The second-order valence-electron chi connectivity index (χ2n) is 7.18. The molecule has 0 saturated carbocycles. The number of hydrogen-bond acceptors (Lipinski definition) is 7. The van der Waals surface area contributed by atoms with E-state index in [1.54, 1.807) is 24.7 Å². The maximum Gasteiger partial charge on any atom is 0.260 e. The predicted molar refractivity (Wildman–Crippen MR) is 110 cm³/mol. The van der Waals surface area contributed by atoms with Gasteiger partial charge in [-0.2, -0.15) is 0 Å². The van der Waals surface area contributed by atoms with Crippen molar-refractivity contribution in [3.8, 4) is 11.5 Å². The third-order valence-corrected chi connectivity index (χ3v) is 7.66. The molecule has 8 nitrogen and oxygen atoms in total. The average molecular weight is 435 g/mol. The Morgan fingerprint density at radius 3 is 2.47 bits per heavy atom. The van der Waals surface area contributed by atoms with Crippen molar-refractivity contribution in [3.05, 3.63) is 54.1 Å². The van der Waals surface area contributed by atoms with Crippen molar-refractivity contribution in [1.29, 1.82) is 0 Å². The fraction of sp³-hybridized carbons (Fsp3) is 0.381. The van der Waals surface area contributed by atoms with Gasteiger partial charge in [-0.05, 0) is 54.8 Å². The number of sulfone groups is 1. The molecular formula is C21H26N2O6S. The van der Waals surface area contributed by atoms with Crippen LogP contribution in [0, 0.1) is 0 Å². The van der Waals surface area contributed by atoms with Crippen LogP contribution < -0.4 is 15.0 Å². The molecule has 0 spiro atoms. The fourth-order valence-electron chi connectivity index (χ4n) is 3.76. The van der Waals surface area contributed by atoms with Gasteiger partial charge in [0.15, 0.2) is 9.84 Å². The predicted octanol–water partition coefficient (Wildman–Crippen LogP) is 2.02. The summed E-state index contributed by atoms with van der Waals surface area (Å²) in [7, 11) is -0.539. The lowest BCUT2D eigenvalue weighted by Gasteiger charge is -2.37. The molecule has 2 atom stereocenters. The zero-order chi connectivity index (χ0) is 21.7. The standard InChI is InChI=1S/C21H26N2O6S/c1-28-16-6-8-18(9-7-16)30(26,27)19-10-11-23(20(13-19)21(24)22-25)14-15-4-3-5-17(12-15)29-2/h3-9,12,19-20,25H,10-11,13-14H2,1-2H3,(H,22,24). The third kappa shape index (κ3) is 4.75. The Morgan fingerprint density at radius 1 is 1.13 bits per heavy atom. The third-order valence-electron chi connectivity index (χ3n) is 5.42. The van der Waals surface area contributed by atoms with Gasteiger partial charge in [-0.3, -0.25) is 14.9 Å². The van der Waals surface area contributed by atoms with E-state index in [1.165, 1.54) is 19.2 Å². The van der Waals surface area contributed by atoms with Gasteiger partial charge in [0.1, 0.15) is 11.5 Å². The molecule has 2 unspecified atom stereocenters. The Labute approximate surface area is 176 Å². The van der Waals surface area contributed by atoms with Gasteiger partial charge in [-0.1, -0.05) is 12.1 Å². The Hall–Kier alpha value is -2.62. The van der Waals surface area contributed by atoms with Crippen LogP contribution in [0.4, 0.5) is 0 Å². The molecule has 30 heavy (non-hydrogen) atoms. The Morgan fingerprint density at radius 2 is 1.83 bits per heavy atom. The van der Waals surface area contributed by atoms with Crippen LogP contribution in [-0.2, 0) is 21.2 Å². The molecular weight excluding hydrogens is 408 g/mol. The van der Waals surface area contributed by atoms with Crippen molar-refractivity contribution in [1.82, 2.24) is 10.4 Å². The van der Waals surface area contributed by atoms with Gasteiger partial charge in [-0.25, -0.2) is 13.9 Å². The van der Waals surface area contributed by atoms with Crippen LogP contribution >= 0.6 is 0 Å². The number of piperidine rings is 1. The molecule has 1 aliphatic rings. The number of nitrogens with one attached hydrogen (secondary N) is 1. The summed E-state index contributed by atoms with van der Waals surface area (Å²) in [4.78, 5) is 14.4. The van der Waals surface area contributed by atoms with Gasteiger partial charge in [0.2, 0.25) is 0 Å². The highest BCUT2D eigenvalue weighted by atomic mass is 32.2. The van der Waals surface area contributed by atoms with Gasteiger partial charge in [-0.15, -0.1) is 0 Å². The number of benzene rings is 2. The van der Waals surface area contributed by atoms with Crippen molar-refractivity contribution in [3.63, 3.8) is 0 Å². The van der Waals surface area contributed by atoms with Gasteiger partial charge >= 0.3 is 0 Å². The number of rotatable bonds is 7. The van der Waals surface area contributed by atoms with Crippen LogP contribution in [0.2, 0.25) is 0 Å². The molecule has 1 fully saturated rings. The van der Waals surface area contributed by atoms with Gasteiger partial charge in [0, 0.05) is 13.1 Å². The summed E-state index contributed by atoms with van der Waals surface area (Å²) in [6.07, 6.45) is 0.470. The highest BCUT2D eigenvalue weighted by Gasteiger charge is 2.39. The Balaban J connectivity index is 1.80. The van der Waals surface area contributed by atoms with Gasteiger partial charge in [0.05, 0.1) is 30.4 Å².